The van der Waals surface area contributed by atoms with Crippen molar-refractivity contribution in [2.75, 3.05) is 6.61 Å². The third-order valence-corrected chi connectivity index (χ3v) is 5.44. The molecule has 0 radical (unpaired) electrons. The lowest BCUT2D eigenvalue weighted by atomic mass is 9.77. The Morgan fingerprint density at radius 3 is 2.15 bits per heavy atom. The van der Waals surface area contributed by atoms with Gasteiger partial charge in [-0.15, -0.1) is 0 Å². The molecular formula is C20H29BF2O4. The van der Waals surface area contributed by atoms with Crippen LogP contribution in [0.1, 0.15) is 72.3 Å². The van der Waals surface area contributed by atoms with Crippen LogP contribution in [0.3, 0.4) is 0 Å². The molecule has 1 atom stereocenters. The molecule has 0 saturated carbocycles. The van der Waals surface area contributed by atoms with Crippen LogP contribution in [0, 0.1) is 11.6 Å². The average molecular weight is 382 g/mol. The minimum atomic E-state index is -0.813. The zero-order valence-corrected chi connectivity index (χ0v) is 17.0. The first kappa shape index (κ1) is 21.8. The number of esters is 1. The Kier molecular flexibility index (Phi) is 6.69. The fourth-order valence-corrected chi connectivity index (χ4v) is 3.12. The van der Waals surface area contributed by atoms with Crippen molar-refractivity contribution in [2.24, 2.45) is 0 Å². The maximum Gasteiger partial charge on any atom is 0.495 e. The highest BCUT2D eigenvalue weighted by Crippen LogP contribution is 2.37. The van der Waals surface area contributed by atoms with E-state index in [1.807, 2.05) is 27.7 Å². The number of hydrogen-bond donors (Lipinski definition) is 0. The maximum atomic E-state index is 14.7. The van der Waals surface area contributed by atoms with E-state index in [-0.39, 0.29) is 23.9 Å². The smallest absolute Gasteiger partial charge is 0.466 e. The Morgan fingerprint density at radius 1 is 1.15 bits per heavy atom. The minimum absolute atomic E-state index is 0.0270. The van der Waals surface area contributed by atoms with Crippen molar-refractivity contribution in [3.63, 3.8) is 0 Å². The molecule has 1 fully saturated rings. The molecule has 150 valence electrons. The van der Waals surface area contributed by atoms with Gasteiger partial charge in [-0.2, -0.15) is 0 Å². The first-order valence-corrected chi connectivity index (χ1v) is 9.48. The number of benzene rings is 1. The fourth-order valence-electron chi connectivity index (χ4n) is 3.12. The van der Waals surface area contributed by atoms with Crippen LogP contribution in [0.5, 0.6) is 0 Å². The van der Waals surface area contributed by atoms with Gasteiger partial charge in [0.15, 0.2) is 0 Å². The van der Waals surface area contributed by atoms with E-state index in [9.17, 15) is 13.6 Å². The lowest BCUT2D eigenvalue weighted by Crippen LogP contribution is -2.41. The Morgan fingerprint density at radius 2 is 1.67 bits per heavy atom. The van der Waals surface area contributed by atoms with E-state index in [0.29, 0.717) is 24.9 Å². The van der Waals surface area contributed by atoms with Gasteiger partial charge < -0.3 is 14.0 Å². The van der Waals surface area contributed by atoms with Gasteiger partial charge in [-0.25, -0.2) is 8.78 Å². The Balaban J connectivity index is 2.10. The van der Waals surface area contributed by atoms with Gasteiger partial charge in [-0.1, -0.05) is 6.92 Å². The third-order valence-electron chi connectivity index (χ3n) is 5.44. The molecule has 1 aliphatic heterocycles. The second-order valence-corrected chi connectivity index (χ2v) is 8.08. The molecular weight excluding hydrogens is 353 g/mol. The minimum Gasteiger partial charge on any atom is -0.466 e. The standard InChI is InChI=1S/C20H29BF2O4/c1-7-25-17(24)10-8-9-13(2)18-15(22)11-14(12-16(18)23)21-26-19(3,4)20(5,6)27-21/h11-13H,7-10H2,1-6H3. The highest BCUT2D eigenvalue weighted by molar-refractivity contribution is 6.62. The molecule has 0 aromatic heterocycles. The van der Waals surface area contributed by atoms with Crippen molar-refractivity contribution in [3.8, 4) is 0 Å². The van der Waals surface area contributed by atoms with E-state index < -0.39 is 30.0 Å². The van der Waals surface area contributed by atoms with Gasteiger partial charge in [-0.3, -0.25) is 4.79 Å². The first-order valence-electron chi connectivity index (χ1n) is 9.48. The van der Waals surface area contributed by atoms with Crippen LogP contribution in [0.25, 0.3) is 0 Å². The molecule has 1 aromatic rings. The quantitative estimate of drug-likeness (QED) is 0.526. The predicted octanol–water partition coefficient (Wildman–Crippen LogP) is 4.10. The summed E-state index contributed by atoms with van der Waals surface area (Å²) in [6, 6.07) is 2.56. The summed E-state index contributed by atoms with van der Waals surface area (Å²) in [7, 11) is -0.813. The summed E-state index contributed by atoms with van der Waals surface area (Å²) in [6.07, 6.45) is 1.24. The van der Waals surface area contributed by atoms with Crippen LogP contribution in [0.15, 0.2) is 12.1 Å². The van der Waals surface area contributed by atoms with Gasteiger partial charge >= 0.3 is 13.1 Å². The van der Waals surface area contributed by atoms with E-state index in [4.69, 9.17) is 14.0 Å². The largest absolute Gasteiger partial charge is 0.495 e. The zero-order chi connectivity index (χ0) is 20.4. The van der Waals surface area contributed by atoms with E-state index in [2.05, 4.69) is 0 Å². The summed E-state index contributed by atoms with van der Waals surface area (Å²) in [6.45, 7) is 11.4. The Labute approximate surface area is 160 Å². The fraction of sp³-hybridized carbons (Fsp3) is 0.650. The highest BCUT2D eigenvalue weighted by atomic mass is 19.1. The van der Waals surface area contributed by atoms with Crippen molar-refractivity contribution < 1.29 is 27.6 Å². The molecule has 1 aromatic carbocycles. The zero-order valence-electron chi connectivity index (χ0n) is 17.0. The van der Waals surface area contributed by atoms with Gasteiger partial charge in [0.2, 0.25) is 0 Å². The number of ether oxygens (including phenoxy) is 1. The van der Waals surface area contributed by atoms with Gasteiger partial charge in [-0.05, 0) is 71.0 Å². The van der Waals surface area contributed by atoms with Crippen molar-refractivity contribution >= 4 is 18.6 Å². The monoisotopic (exact) mass is 382 g/mol. The van der Waals surface area contributed by atoms with Crippen molar-refractivity contribution in [1.82, 2.24) is 0 Å². The molecule has 0 spiro atoms. The maximum absolute atomic E-state index is 14.7. The lowest BCUT2D eigenvalue weighted by Gasteiger charge is -2.32. The summed E-state index contributed by atoms with van der Waals surface area (Å²) < 4.78 is 45.9. The molecule has 1 heterocycles. The van der Waals surface area contributed by atoms with Crippen molar-refractivity contribution in [2.45, 2.75) is 77.9 Å². The van der Waals surface area contributed by atoms with Crippen LogP contribution >= 0.6 is 0 Å². The van der Waals surface area contributed by atoms with Crippen LogP contribution in [-0.4, -0.2) is 30.9 Å². The average Bonchev–Trinajstić information content (AvgIpc) is 2.75. The van der Waals surface area contributed by atoms with Crippen molar-refractivity contribution in [3.05, 3.63) is 29.3 Å². The molecule has 7 heteroatoms. The number of hydrogen-bond acceptors (Lipinski definition) is 4. The summed E-state index contributed by atoms with van der Waals surface area (Å²) >= 11 is 0. The van der Waals surface area contributed by atoms with Gasteiger partial charge in [0.1, 0.15) is 11.6 Å². The summed E-state index contributed by atoms with van der Waals surface area (Å²) in [5, 5.41) is 0. The SMILES string of the molecule is CCOC(=O)CCCC(C)c1c(F)cc(B2OC(C)(C)C(C)(C)O2)cc1F. The molecule has 1 aliphatic rings. The molecule has 27 heavy (non-hydrogen) atoms. The Bertz CT molecular complexity index is 652. The second kappa shape index (κ2) is 8.27. The Hall–Kier alpha value is -1.47. The molecule has 2 rings (SSSR count). The topological polar surface area (TPSA) is 44.8 Å². The van der Waals surface area contributed by atoms with E-state index in [1.54, 1.807) is 13.8 Å². The van der Waals surface area contributed by atoms with Crippen LogP contribution < -0.4 is 5.46 Å². The van der Waals surface area contributed by atoms with E-state index in [1.165, 1.54) is 12.1 Å². The predicted molar refractivity (Wildman–Crippen MR) is 101 cm³/mol. The molecule has 1 unspecified atom stereocenters. The normalized spacial score (nSPS) is 19.2. The molecule has 1 saturated heterocycles. The van der Waals surface area contributed by atoms with Gasteiger partial charge in [0, 0.05) is 12.0 Å². The summed E-state index contributed by atoms with van der Waals surface area (Å²) in [5.41, 5.74) is -0.807. The molecule has 0 amide bonds. The number of rotatable bonds is 7. The van der Waals surface area contributed by atoms with Crippen LogP contribution in [-0.2, 0) is 18.8 Å². The van der Waals surface area contributed by atoms with E-state index in [0.717, 1.165) is 0 Å². The second-order valence-electron chi connectivity index (χ2n) is 8.08. The third kappa shape index (κ3) is 4.88. The van der Waals surface area contributed by atoms with Gasteiger partial charge in [0.05, 0.1) is 17.8 Å². The van der Waals surface area contributed by atoms with Gasteiger partial charge in [0.25, 0.3) is 0 Å². The highest BCUT2D eigenvalue weighted by Gasteiger charge is 2.52. The van der Waals surface area contributed by atoms with Crippen LogP contribution in [0.4, 0.5) is 8.78 Å². The van der Waals surface area contributed by atoms with Crippen molar-refractivity contribution in [1.29, 1.82) is 0 Å². The number of halogens is 2. The summed E-state index contributed by atoms with van der Waals surface area (Å²) in [4.78, 5) is 11.4. The first-order chi connectivity index (χ1) is 12.5. The number of carbonyl (C=O) groups excluding carboxylic acids is 1. The molecule has 0 bridgehead atoms. The lowest BCUT2D eigenvalue weighted by molar-refractivity contribution is -0.143. The van der Waals surface area contributed by atoms with E-state index >= 15 is 0 Å². The molecule has 0 aliphatic carbocycles. The number of carbonyl (C=O) groups is 1. The summed E-state index contributed by atoms with van der Waals surface area (Å²) in [5.74, 6) is -1.89. The molecule has 0 N–H and O–H groups in total. The molecule has 4 nitrogen and oxygen atoms in total. The van der Waals surface area contributed by atoms with Crippen LogP contribution in [0.2, 0.25) is 0 Å².